The van der Waals surface area contributed by atoms with Gasteiger partial charge in [-0.25, -0.2) is 0 Å². The summed E-state index contributed by atoms with van der Waals surface area (Å²) in [6, 6.07) is 11.2. The van der Waals surface area contributed by atoms with Gasteiger partial charge in [-0.2, -0.15) is 0 Å². The molecule has 5 nitrogen and oxygen atoms in total. The maximum atomic E-state index is 12.2. The van der Waals surface area contributed by atoms with Crippen LogP contribution in [-0.2, 0) is 17.3 Å². The van der Waals surface area contributed by atoms with Crippen LogP contribution >= 0.6 is 24.0 Å². The number of aliphatic imine (C=N–C) groups is 1. The normalized spacial score (nSPS) is 19.1. The van der Waals surface area contributed by atoms with Crippen LogP contribution in [0, 0.1) is 0 Å². The number of likely N-dealkylation sites (tertiary alicyclic amines) is 1. The molecule has 2 atom stereocenters. The standard InChI is InChI=1S/C21H36N4OS.HI/c1-5-22-20(23-13-15-27(26)21(2,3)4)24-16-19-12-9-14-25(19)17-18-10-7-6-8-11-18;/h6-8,10-11,19H,5,9,12-17H2,1-4H3,(H2,22,23,24);1H. The van der Waals surface area contributed by atoms with Gasteiger partial charge in [0.1, 0.15) is 0 Å². The fourth-order valence-electron chi connectivity index (χ4n) is 3.23. The summed E-state index contributed by atoms with van der Waals surface area (Å²) < 4.78 is 12.0. The van der Waals surface area contributed by atoms with Crippen LogP contribution in [0.3, 0.4) is 0 Å². The second-order valence-electron chi connectivity index (χ2n) is 8.06. The van der Waals surface area contributed by atoms with E-state index < -0.39 is 10.8 Å². The first kappa shape index (κ1) is 25.4. The summed E-state index contributed by atoms with van der Waals surface area (Å²) in [5.41, 5.74) is 1.36. The summed E-state index contributed by atoms with van der Waals surface area (Å²) in [6.45, 7) is 12.6. The van der Waals surface area contributed by atoms with Gasteiger partial charge in [0.15, 0.2) is 5.96 Å². The molecule has 1 aliphatic rings. The van der Waals surface area contributed by atoms with Crippen LogP contribution in [0.4, 0.5) is 0 Å². The Balaban J connectivity index is 0.00000392. The number of benzene rings is 1. The van der Waals surface area contributed by atoms with Crippen molar-refractivity contribution in [2.45, 2.75) is 57.9 Å². The molecule has 0 spiro atoms. The first-order chi connectivity index (χ1) is 12.9. The van der Waals surface area contributed by atoms with Crippen LogP contribution in [0.2, 0.25) is 0 Å². The molecule has 2 N–H and O–H groups in total. The van der Waals surface area contributed by atoms with Crippen molar-refractivity contribution in [3.63, 3.8) is 0 Å². The van der Waals surface area contributed by atoms with E-state index in [4.69, 9.17) is 4.99 Å². The lowest BCUT2D eigenvalue weighted by atomic mass is 10.2. The molecule has 1 aliphatic heterocycles. The van der Waals surface area contributed by atoms with Crippen LogP contribution in [0.5, 0.6) is 0 Å². The predicted octanol–water partition coefficient (Wildman–Crippen LogP) is 3.37. The SMILES string of the molecule is CCNC(=NCC1CCCN1Cc1ccccc1)NCCS(=O)C(C)(C)C.I. The highest BCUT2D eigenvalue weighted by Crippen LogP contribution is 2.20. The minimum Gasteiger partial charge on any atom is -0.357 e. The lowest BCUT2D eigenvalue weighted by molar-refractivity contribution is 0.250. The van der Waals surface area contributed by atoms with E-state index in [1.807, 2.05) is 20.8 Å². The van der Waals surface area contributed by atoms with Gasteiger partial charge in [0.05, 0.1) is 6.54 Å². The van der Waals surface area contributed by atoms with Crippen molar-refractivity contribution in [2.24, 2.45) is 4.99 Å². The second kappa shape index (κ2) is 12.8. The molecule has 2 unspecified atom stereocenters. The van der Waals surface area contributed by atoms with Crippen molar-refractivity contribution in [1.29, 1.82) is 0 Å². The zero-order valence-corrected chi connectivity index (χ0v) is 20.9. The monoisotopic (exact) mass is 520 g/mol. The van der Waals surface area contributed by atoms with Gasteiger partial charge < -0.3 is 10.6 Å². The van der Waals surface area contributed by atoms with Gasteiger partial charge in [-0.15, -0.1) is 24.0 Å². The molecule has 1 fully saturated rings. The molecule has 0 radical (unpaired) electrons. The zero-order chi connectivity index (χ0) is 19.7. The number of hydrogen-bond acceptors (Lipinski definition) is 3. The van der Waals surface area contributed by atoms with E-state index in [0.717, 1.165) is 32.1 Å². The van der Waals surface area contributed by atoms with Crippen molar-refractivity contribution >= 4 is 40.7 Å². The molecular formula is C21H37IN4OS. The molecule has 0 saturated carbocycles. The third-order valence-electron chi connectivity index (χ3n) is 4.79. The van der Waals surface area contributed by atoms with E-state index >= 15 is 0 Å². The Bertz CT molecular complexity index is 619. The van der Waals surface area contributed by atoms with Crippen molar-refractivity contribution in [2.75, 3.05) is 31.9 Å². The van der Waals surface area contributed by atoms with E-state index in [2.05, 4.69) is 52.8 Å². The van der Waals surface area contributed by atoms with Crippen molar-refractivity contribution in [3.8, 4) is 0 Å². The van der Waals surface area contributed by atoms with Gasteiger partial charge >= 0.3 is 0 Å². The van der Waals surface area contributed by atoms with Gasteiger partial charge in [0.25, 0.3) is 0 Å². The van der Waals surface area contributed by atoms with E-state index in [-0.39, 0.29) is 28.7 Å². The Morgan fingerprint density at radius 1 is 1.25 bits per heavy atom. The smallest absolute Gasteiger partial charge is 0.191 e. The second-order valence-corrected chi connectivity index (χ2v) is 10.4. The van der Waals surface area contributed by atoms with Crippen LogP contribution in [-0.4, -0.2) is 57.8 Å². The van der Waals surface area contributed by atoms with Crippen molar-refractivity contribution < 1.29 is 4.21 Å². The van der Waals surface area contributed by atoms with E-state index in [1.165, 1.54) is 18.4 Å². The molecule has 0 bridgehead atoms. The topological polar surface area (TPSA) is 56.7 Å². The average Bonchev–Trinajstić information content (AvgIpc) is 3.06. The van der Waals surface area contributed by atoms with Crippen LogP contribution in [0.25, 0.3) is 0 Å². The van der Waals surface area contributed by atoms with E-state index in [9.17, 15) is 4.21 Å². The summed E-state index contributed by atoms with van der Waals surface area (Å²) in [7, 11) is -0.845. The highest BCUT2D eigenvalue weighted by Gasteiger charge is 2.24. The first-order valence-electron chi connectivity index (χ1n) is 10.1. The van der Waals surface area contributed by atoms with Gasteiger partial charge in [-0.3, -0.25) is 14.1 Å². The third kappa shape index (κ3) is 8.78. The molecule has 1 saturated heterocycles. The lowest BCUT2D eigenvalue weighted by Gasteiger charge is -2.23. The summed E-state index contributed by atoms with van der Waals surface area (Å²) in [4.78, 5) is 7.34. The molecule has 28 heavy (non-hydrogen) atoms. The highest BCUT2D eigenvalue weighted by atomic mass is 127. The number of rotatable bonds is 8. The number of nitrogens with one attached hydrogen (secondary N) is 2. The maximum absolute atomic E-state index is 12.2. The molecule has 1 aromatic carbocycles. The minimum atomic E-state index is -0.845. The third-order valence-corrected chi connectivity index (χ3v) is 6.74. The van der Waals surface area contributed by atoms with Crippen molar-refractivity contribution in [1.82, 2.24) is 15.5 Å². The summed E-state index contributed by atoms with van der Waals surface area (Å²) in [5, 5.41) is 6.64. The largest absolute Gasteiger partial charge is 0.357 e. The Morgan fingerprint density at radius 2 is 1.96 bits per heavy atom. The summed E-state index contributed by atoms with van der Waals surface area (Å²) in [5.74, 6) is 1.47. The fourth-order valence-corrected chi connectivity index (χ4v) is 4.13. The number of nitrogens with zero attached hydrogens (tertiary/aromatic N) is 2. The zero-order valence-electron chi connectivity index (χ0n) is 17.7. The molecule has 1 heterocycles. The Hall–Kier alpha value is -0.670. The molecule has 2 rings (SSSR count). The van der Waals surface area contributed by atoms with Crippen LogP contribution < -0.4 is 10.6 Å². The van der Waals surface area contributed by atoms with Crippen LogP contribution in [0.15, 0.2) is 35.3 Å². The fraction of sp³-hybridized carbons (Fsp3) is 0.667. The van der Waals surface area contributed by atoms with Gasteiger partial charge in [-0.05, 0) is 52.6 Å². The van der Waals surface area contributed by atoms with Crippen molar-refractivity contribution in [3.05, 3.63) is 35.9 Å². The molecule has 0 aromatic heterocycles. The maximum Gasteiger partial charge on any atom is 0.191 e. The Morgan fingerprint density at radius 3 is 2.61 bits per heavy atom. The summed E-state index contributed by atoms with van der Waals surface area (Å²) in [6.07, 6.45) is 2.44. The molecule has 1 aromatic rings. The lowest BCUT2D eigenvalue weighted by Crippen LogP contribution is -2.41. The van der Waals surface area contributed by atoms with Gasteiger partial charge in [0.2, 0.25) is 0 Å². The minimum absolute atomic E-state index is 0. The molecule has 160 valence electrons. The average molecular weight is 521 g/mol. The van der Waals surface area contributed by atoms with E-state index in [1.54, 1.807) is 0 Å². The molecule has 0 amide bonds. The number of guanidine groups is 1. The quantitative estimate of drug-likeness (QED) is 0.314. The van der Waals surface area contributed by atoms with Gasteiger partial charge in [-0.1, -0.05) is 30.3 Å². The predicted molar refractivity (Wildman–Crippen MR) is 132 cm³/mol. The number of halogens is 1. The van der Waals surface area contributed by atoms with Crippen LogP contribution in [0.1, 0.15) is 46.1 Å². The number of hydrogen-bond donors (Lipinski definition) is 2. The molecule has 0 aliphatic carbocycles. The Labute approximate surface area is 190 Å². The Kier molecular flexibility index (Phi) is 11.6. The highest BCUT2D eigenvalue weighted by molar-refractivity contribution is 14.0. The first-order valence-corrected chi connectivity index (χ1v) is 11.4. The summed E-state index contributed by atoms with van der Waals surface area (Å²) >= 11 is 0. The van der Waals surface area contributed by atoms with Gasteiger partial charge in [0, 0.05) is 47.0 Å². The van der Waals surface area contributed by atoms with E-state index in [0.29, 0.717) is 18.3 Å². The molecule has 7 heteroatoms. The molecular weight excluding hydrogens is 483 g/mol.